The minimum atomic E-state index is -1.21. The van der Waals surface area contributed by atoms with E-state index in [1.54, 1.807) is 18.2 Å². The van der Waals surface area contributed by atoms with Crippen LogP contribution in [0.15, 0.2) is 34.9 Å². The Morgan fingerprint density at radius 3 is 2.66 bits per heavy atom. The maximum Gasteiger partial charge on any atom is 0.335 e. The van der Waals surface area contributed by atoms with E-state index in [4.69, 9.17) is 32.5 Å². The molecule has 4 aromatic rings. The number of rotatable bonds is 8. The molecule has 7 nitrogen and oxygen atoms in total. The van der Waals surface area contributed by atoms with Gasteiger partial charge in [0.1, 0.15) is 23.6 Å². The van der Waals surface area contributed by atoms with Gasteiger partial charge in [0.15, 0.2) is 10.9 Å². The molecule has 0 radical (unpaired) electrons. The third-order valence-electron chi connectivity index (χ3n) is 8.47. The molecule has 12 heteroatoms. The van der Waals surface area contributed by atoms with Crippen LogP contribution >= 0.6 is 34.5 Å². The van der Waals surface area contributed by atoms with Crippen LogP contribution in [0.3, 0.4) is 0 Å². The Balaban J connectivity index is 1.07. The van der Waals surface area contributed by atoms with E-state index in [0.717, 1.165) is 43.1 Å². The Morgan fingerprint density at radius 2 is 1.98 bits per heavy atom. The zero-order valence-electron chi connectivity index (χ0n) is 21.7. The van der Waals surface area contributed by atoms with Crippen LogP contribution in [0.1, 0.15) is 59.7 Å². The van der Waals surface area contributed by atoms with Crippen molar-refractivity contribution in [2.75, 3.05) is 18.1 Å². The van der Waals surface area contributed by atoms with Crippen molar-refractivity contribution in [1.82, 2.24) is 10.1 Å². The summed E-state index contributed by atoms with van der Waals surface area (Å²) in [5, 5.41) is 15.1. The van der Waals surface area contributed by atoms with Crippen LogP contribution in [0, 0.1) is 11.2 Å². The summed E-state index contributed by atoms with van der Waals surface area (Å²) in [6.07, 6.45) is 4.22. The van der Waals surface area contributed by atoms with Crippen molar-refractivity contribution in [2.24, 2.45) is 5.41 Å². The minimum Gasteiger partial charge on any atom is -0.478 e. The van der Waals surface area contributed by atoms with Gasteiger partial charge < -0.3 is 19.3 Å². The predicted octanol–water partition coefficient (Wildman–Crippen LogP) is 7.89. The van der Waals surface area contributed by atoms with E-state index in [1.165, 1.54) is 17.4 Å². The van der Waals surface area contributed by atoms with Crippen LogP contribution < -0.4 is 4.90 Å². The fraction of sp³-hybridized carbons (Fsp3) is 0.414. The van der Waals surface area contributed by atoms with Crippen molar-refractivity contribution >= 4 is 55.9 Å². The van der Waals surface area contributed by atoms with Crippen LogP contribution in [0.25, 0.3) is 21.5 Å². The normalized spacial score (nSPS) is 24.0. The van der Waals surface area contributed by atoms with Gasteiger partial charge in [-0.1, -0.05) is 45.8 Å². The zero-order chi connectivity index (χ0) is 28.5. The molecule has 3 aliphatic rings. The third-order valence-corrected chi connectivity index (χ3v) is 10.1. The number of fused-ring (bicyclic) bond motifs is 1. The van der Waals surface area contributed by atoms with Gasteiger partial charge in [-0.05, 0) is 61.8 Å². The first-order valence-electron chi connectivity index (χ1n) is 13.5. The fourth-order valence-corrected chi connectivity index (χ4v) is 7.99. The Labute approximate surface area is 248 Å². The lowest BCUT2D eigenvalue weighted by atomic mass is 9.65. The molecule has 1 spiro atoms. The second-order valence-electron chi connectivity index (χ2n) is 11.3. The zero-order valence-corrected chi connectivity index (χ0v) is 24.0. The van der Waals surface area contributed by atoms with Crippen LogP contribution in [0.4, 0.5) is 13.9 Å². The number of carboxylic acids is 1. The summed E-state index contributed by atoms with van der Waals surface area (Å²) < 4.78 is 41.3. The lowest BCUT2D eigenvalue weighted by Gasteiger charge is -2.44. The SMILES string of the molecule is O=C(O)c1cc(F)c2nc(N3CC4(CC(OCc5c(-c6c(Cl)cccc6Cl)noc5C5CC5)C4)C[C@H]3CF)sc2c1. The van der Waals surface area contributed by atoms with E-state index < -0.39 is 18.5 Å². The first kappa shape index (κ1) is 27.1. The van der Waals surface area contributed by atoms with E-state index in [9.17, 15) is 18.7 Å². The largest absolute Gasteiger partial charge is 0.478 e. The number of alkyl halides is 1. The number of hydrogen-bond acceptors (Lipinski definition) is 7. The summed E-state index contributed by atoms with van der Waals surface area (Å²) in [5.41, 5.74) is 1.95. The Morgan fingerprint density at radius 1 is 1.22 bits per heavy atom. The third kappa shape index (κ3) is 4.78. The van der Waals surface area contributed by atoms with E-state index in [-0.39, 0.29) is 28.6 Å². The van der Waals surface area contributed by atoms with Crippen molar-refractivity contribution < 1.29 is 27.9 Å². The Bertz CT molecular complexity index is 1650. The van der Waals surface area contributed by atoms with Gasteiger partial charge in [-0.2, -0.15) is 0 Å². The van der Waals surface area contributed by atoms with Crippen LogP contribution in [0.2, 0.25) is 10.0 Å². The highest BCUT2D eigenvalue weighted by atomic mass is 35.5. The minimum absolute atomic E-state index is 0.0160. The lowest BCUT2D eigenvalue weighted by Crippen LogP contribution is -2.44. The fourth-order valence-electron chi connectivity index (χ4n) is 6.32. The number of thiazole rings is 1. The molecule has 7 rings (SSSR count). The van der Waals surface area contributed by atoms with Crippen LogP contribution in [-0.4, -0.2) is 46.6 Å². The molecule has 1 atom stereocenters. The number of nitrogens with zero attached hydrogens (tertiary/aromatic N) is 3. The average Bonchev–Trinajstić information content (AvgIpc) is 3.35. The van der Waals surface area contributed by atoms with Gasteiger partial charge >= 0.3 is 5.97 Å². The summed E-state index contributed by atoms with van der Waals surface area (Å²) in [6.45, 7) is 0.335. The highest BCUT2D eigenvalue weighted by Crippen LogP contribution is 2.54. The highest BCUT2D eigenvalue weighted by Gasteiger charge is 2.53. The van der Waals surface area contributed by atoms with E-state index >= 15 is 0 Å². The Hall–Kier alpha value is -2.79. The molecular formula is C29H25Cl2F2N3O4S. The number of halogens is 4. The quantitative estimate of drug-likeness (QED) is 0.214. The molecule has 0 bridgehead atoms. The average molecular weight is 621 g/mol. The predicted molar refractivity (Wildman–Crippen MR) is 152 cm³/mol. The van der Waals surface area contributed by atoms with Crippen molar-refractivity contribution in [3.8, 4) is 11.3 Å². The molecular weight excluding hydrogens is 595 g/mol. The standard InChI is InChI=1S/C29H25Cl2F2N3O4S/c30-19-2-1-3-20(31)23(19)24-18(26(40-35-24)14-4-5-14)12-39-17-9-29(10-17)8-16(11-32)36(13-29)28-34-25-21(33)6-15(27(37)38)7-22(25)41-28/h1-3,6-7,14,16-17H,4-5,8-13H2,(H,37,38)/t16-,17?,29?/m0/s1. The van der Waals surface area contributed by atoms with Gasteiger partial charge in [0, 0.05) is 23.6 Å². The van der Waals surface area contributed by atoms with E-state index in [0.29, 0.717) is 56.6 Å². The number of hydrogen-bond donors (Lipinski definition) is 1. The van der Waals surface area contributed by atoms with Crippen LogP contribution in [0.5, 0.6) is 0 Å². The molecule has 1 aliphatic heterocycles. The summed E-state index contributed by atoms with van der Waals surface area (Å²) in [4.78, 5) is 17.7. The smallest absolute Gasteiger partial charge is 0.335 e. The number of benzene rings is 2. The number of carbonyl (C=O) groups is 1. The second kappa shape index (κ2) is 10.2. The van der Waals surface area contributed by atoms with Gasteiger partial charge in [-0.3, -0.25) is 0 Å². The molecule has 2 saturated carbocycles. The first-order chi connectivity index (χ1) is 19.7. The number of carboxylic acid groups (broad SMARTS) is 1. The van der Waals surface area contributed by atoms with Gasteiger partial charge in [0.2, 0.25) is 0 Å². The maximum absolute atomic E-state index is 14.6. The molecule has 214 valence electrons. The Kier molecular flexibility index (Phi) is 6.72. The summed E-state index contributed by atoms with van der Waals surface area (Å²) in [7, 11) is 0. The van der Waals surface area contributed by atoms with Crippen molar-refractivity contribution in [3.05, 3.63) is 63.1 Å². The first-order valence-corrected chi connectivity index (χ1v) is 15.0. The molecule has 1 saturated heterocycles. The number of anilines is 1. The second-order valence-corrected chi connectivity index (χ2v) is 13.2. The maximum atomic E-state index is 14.6. The highest BCUT2D eigenvalue weighted by molar-refractivity contribution is 7.22. The molecule has 0 amide bonds. The van der Waals surface area contributed by atoms with Gasteiger partial charge in [0.25, 0.3) is 0 Å². The van der Waals surface area contributed by atoms with E-state index in [1.807, 2.05) is 4.90 Å². The number of ether oxygens (including phenoxy) is 1. The monoisotopic (exact) mass is 619 g/mol. The molecule has 2 aromatic carbocycles. The van der Waals surface area contributed by atoms with Gasteiger partial charge in [0.05, 0.1) is 39.1 Å². The summed E-state index contributed by atoms with van der Waals surface area (Å²) >= 11 is 14.1. The molecule has 0 unspecified atom stereocenters. The molecule has 2 aliphatic carbocycles. The molecule has 1 N–H and O–H groups in total. The topological polar surface area (TPSA) is 88.7 Å². The van der Waals surface area contributed by atoms with E-state index in [2.05, 4.69) is 10.1 Å². The van der Waals surface area contributed by atoms with Gasteiger partial charge in [-0.15, -0.1) is 0 Å². The molecule has 3 heterocycles. The number of aromatic carboxylic acids is 1. The summed E-state index contributed by atoms with van der Waals surface area (Å²) in [5.74, 6) is -0.756. The van der Waals surface area contributed by atoms with Crippen molar-refractivity contribution in [1.29, 1.82) is 0 Å². The lowest BCUT2D eigenvalue weighted by molar-refractivity contribution is -0.0809. The van der Waals surface area contributed by atoms with Crippen LogP contribution in [-0.2, 0) is 11.3 Å². The van der Waals surface area contributed by atoms with Gasteiger partial charge in [-0.25, -0.2) is 18.6 Å². The number of aromatic nitrogens is 2. The summed E-state index contributed by atoms with van der Waals surface area (Å²) in [6, 6.07) is 7.32. The van der Waals surface area contributed by atoms with Crippen molar-refractivity contribution in [3.63, 3.8) is 0 Å². The molecule has 2 aromatic heterocycles. The molecule has 41 heavy (non-hydrogen) atoms. The van der Waals surface area contributed by atoms with Crippen molar-refractivity contribution in [2.45, 2.75) is 56.8 Å². The molecule has 3 fully saturated rings.